The fourth-order valence-corrected chi connectivity index (χ4v) is 4.92. The average molecular weight is 334 g/mol. The van der Waals surface area contributed by atoms with E-state index in [1.54, 1.807) is 0 Å². The summed E-state index contributed by atoms with van der Waals surface area (Å²) in [4.78, 5) is 11.8. The number of rotatable bonds is 1. The zero-order valence-electron chi connectivity index (χ0n) is 8.86. The second-order valence-corrected chi connectivity index (χ2v) is 7.11. The van der Waals surface area contributed by atoms with Crippen molar-refractivity contribution >= 4 is 21.4 Å². The monoisotopic (exact) mass is 334 g/mol. The Hall–Kier alpha value is -0.270. The smallest absolute Gasteiger partial charge is 0.355 e. The van der Waals surface area contributed by atoms with Gasteiger partial charge in [-0.05, 0) is 0 Å². The molecule has 15 heteroatoms. The minimum absolute atomic E-state index is 1.94. The van der Waals surface area contributed by atoms with Crippen LogP contribution in [-0.4, -0.2) is 49.7 Å². The summed E-state index contributed by atoms with van der Waals surface area (Å²) in [5.41, 5.74) is 0. The zero-order valence-corrected chi connectivity index (χ0v) is 10.6. The van der Waals surface area contributed by atoms with Crippen molar-refractivity contribution in [2.24, 2.45) is 0 Å². The highest BCUT2D eigenvalue weighted by molar-refractivity contribution is 7.50. The van der Waals surface area contributed by atoms with Gasteiger partial charge in [0, 0.05) is 0 Å². The van der Waals surface area contributed by atoms with Gasteiger partial charge in [-0.25, -0.2) is 36.3 Å². The molecule has 0 aromatic carbocycles. The summed E-state index contributed by atoms with van der Waals surface area (Å²) in [7, 11) is -9.01. The van der Waals surface area contributed by atoms with Crippen molar-refractivity contribution in [1.82, 2.24) is 0 Å². The van der Waals surface area contributed by atoms with Crippen molar-refractivity contribution in [3.63, 3.8) is 0 Å². The number of phosphoric acid groups is 2. The van der Waals surface area contributed by atoms with E-state index in [-0.39, 0.29) is 0 Å². The standard InChI is InChI=1S/C5H4O13P2/c6-1-2(7,13-19(11)14-3(1,8)15-19)4(9)5(10)17-20(12,16-4)18-5/h7-10H. The predicted octanol–water partition coefficient (Wildman–Crippen LogP) is -2.40. The van der Waals surface area contributed by atoms with Crippen LogP contribution in [0.4, 0.5) is 0 Å². The Labute approximate surface area is 107 Å². The normalized spacial score (nSPS) is 67.5. The summed E-state index contributed by atoms with van der Waals surface area (Å²) < 4.78 is 48.1. The molecule has 2 atom stereocenters. The molecule has 0 aliphatic carbocycles. The van der Waals surface area contributed by atoms with E-state index in [1.807, 2.05) is 0 Å². The molecule has 4 bridgehead atoms. The molecule has 0 spiro atoms. The Morgan fingerprint density at radius 2 is 1.30 bits per heavy atom. The Morgan fingerprint density at radius 1 is 0.800 bits per heavy atom. The number of hydrogen-bond acceptors (Lipinski definition) is 13. The molecule has 112 valence electrons. The van der Waals surface area contributed by atoms with Gasteiger partial charge in [-0.3, -0.25) is 4.79 Å². The summed E-state index contributed by atoms with van der Waals surface area (Å²) in [5.74, 6) is -15.7. The van der Waals surface area contributed by atoms with Crippen molar-refractivity contribution in [3.8, 4) is 0 Å². The Bertz CT molecular complexity index is 635. The molecule has 0 amide bonds. The van der Waals surface area contributed by atoms with E-state index in [2.05, 4.69) is 27.1 Å². The first-order valence-corrected chi connectivity index (χ1v) is 7.71. The SMILES string of the molecule is O=C1C2(O)OP(=O)(O2)OC1(O)C1(O)OP2(=O)OC1(O)O2. The minimum Gasteiger partial charge on any atom is -0.355 e. The van der Waals surface area contributed by atoms with E-state index in [4.69, 9.17) is 0 Å². The van der Waals surface area contributed by atoms with E-state index in [0.717, 1.165) is 0 Å². The molecule has 6 heterocycles. The van der Waals surface area contributed by atoms with E-state index < -0.39 is 44.9 Å². The molecule has 6 aliphatic heterocycles. The maximum absolute atomic E-state index is 11.8. The van der Waals surface area contributed by atoms with Crippen LogP contribution in [0.25, 0.3) is 0 Å². The van der Waals surface area contributed by atoms with Crippen LogP contribution in [0, 0.1) is 0 Å². The van der Waals surface area contributed by atoms with Crippen LogP contribution in [-0.2, 0) is 41.1 Å². The van der Waals surface area contributed by atoms with Gasteiger partial charge < -0.3 is 20.4 Å². The van der Waals surface area contributed by atoms with E-state index in [1.165, 1.54) is 0 Å². The third-order valence-corrected chi connectivity index (χ3v) is 5.77. The molecule has 0 aromatic heterocycles. The highest BCUT2D eigenvalue weighted by Crippen LogP contribution is 2.81. The quantitative estimate of drug-likeness (QED) is 0.372. The first-order chi connectivity index (χ1) is 8.90. The number of aliphatic hydroxyl groups is 4. The second-order valence-electron chi connectivity index (χ2n) is 4.22. The number of Topliss-reactive ketones (excluding diaryl/α,β-unsaturated/α-hetero) is 1. The largest absolute Gasteiger partial charge is 0.487 e. The van der Waals surface area contributed by atoms with Gasteiger partial charge in [0.2, 0.25) is 0 Å². The number of fused-ring (bicyclic) bond motifs is 4. The first kappa shape index (κ1) is 13.4. The van der Waals surface area contributed by atoms with Gasteiger partial charge in [0.25, 0.3) is 5.78 Å². The molecular formula is C5H4O13P2. The molecule has 0 aromatic rings. The lowest BCUT2D eigenvalue weighted by Gasteiger charge is -2.52. The summed E-state index contributed by atoms with van der Waals surface area (Å²) in [6.45, 7) is 0. The molecule has 6 saturated heterocycles. The maximum Gasteiger partial charge on any atom is 0.487 e. The van der Waals surface area contributed by atoms with Crippen LogP contribution < -0.4 is 0 Å². The lowest BCUT2D eigenvalue weighted by molar-refractivity contribution is -0.466. The third-order valence-electron chi connectivity index (χ3n) is 2.91. The van der Waals surface area contributed by atoms with Crippen LogP contribution in [0.15, 0.2) is 0 Å². The van der Waals surface area contributed by atoms with E-state index in [9.17, 15) is 34.4 Å². The predicted molar refractivity (Wildman–Crippen MR) is 46.5 cm³/mol. The molecule has 6 aliphatic rings. The summed E-state index contributed by atoms with van der Waals surface area (Å²) in [6.07, 6.45) is 0. The van der Waals surface area contributed by atoms with E-state index >= 15 is 0 Å². The van der Waals surface area contributed by atoms with Crippen LogP contribution in [0.3, 0.4) is 0 Å². The lowest BCUT2D eigenvalue weighted by Crippen LogP contribution is -2.78. The van der Waals surface area contributed by atoms with Crippen LogP contribution in [0.5, 0.6) is 0 Å². The third kappa shape index (κ3) is 1.15. The fourth-order valence-electron chi connectivity index (χ4n) is 2.03. The molecule has 6 rings (SSSR count). The van der Waals surface area contributed by atoms with Crippen molar-refractivity contribution in [2.45, 2.75) is 23.5 Å². The highest BCUT2D eigenvalue weighted by atomic mass is 31.2. The molecule has 4 N–H and O–H groups in total. The summed E-state index contributed by atoms with van der Waals surface area (Å²) in [5, 5.41) is 39.1. The number of phosphoric ester groups is 2. The Balaban J connectivity index is 1.84. The van der Waals surface area contributed by atoms with Crippen LogP contribution >= 0.6 is 15.6 Å². The number of carbonyl (C=O) groups is 1. The average Bonchev–Trinajstić information content (AvgIpc) is 2.52. The number of ketones is 1. The fraction of sp³-hybridized carbons (Fsp3) is 0.800. The van der Waals surface area contributed by atoms with Gasteiger partial charge in [0.15, 0.2) is 0 Å². The van der Waals surface area contributed by atoms with Crippen LogP contribution in [0.2, 0.25) is 0 Å². The van der Waals surface area contributed by atoms with Gasteiger partial charge in [-0.1, -0.05) is 0 Å². The van der Waals surface area contributed by atoms with Crippen molar-refractivity contribution in [1.29, 1.82) is 0 Å². The topological polar surface area (TPSA) is 188 Å². The highest BCUT2D eigenvalue weighted by Gasteiger charge is 2.93. The van der Waals surface area contributed by atoms with Gasteiger partial charge in [0.05, 0.1) is 0 Å². The second kappa shape index (κ2) is 2.94. The molecule has 20 heavy (non-hydrogen) atoms. The van der Waals surface area contributed by atoms with E-state index in [0.29, 0.717) is 0 Å². The Morgan fingerprint density at radius 3 is 1.75 bits per heavy atom. The van der Waals surface area contributed by atoms with Crippen LogP contribution in [0.1, 0.15) is 0 Å². The van der Waals surface area contributed by atoms with Crippen molar-refractivity contribution < 1.29 is 61.5 Å². The minimum atomic E-state index is -4.60. The van der Waals surface area contributed by atoms with Gasteiger partial charge in [0.1, 0.15) is 0 Å². The first-order valence-electron chi connectivity index (χ1n) is 4.78. The zero-order chi connectivity index (χ0) is 14.8. The van der Waals surface area contributed by atoms with Gasteiger partial charge in [-0.15, -0.1) is 0 Å². The Kier molecular flexibility index (Phi) is 1.97. The van der Waals surface area contributed by atoms with Gasteiger partial charge in [-0.2, -0.15) is 0 Å². The van der Waals surface area contributed by atoms with Crippen molar-refractivity contribution in [3.05, 3.63) is 0 Å². The number of carbonyl (C=O) groups excluding carboxylic acids is 1. The molecular weight excluding hydrogens is 330 g/mol. The summed E-state index contributed by atoms with van der Waals surface area (Å²) >= 11 is 0. The molecule has 6 fully saturated rings. The lowest BCUT2D eigenvalue weighted by atomic mass is 9.97. The molecule has 13 nitrogen and oxygen atoms in total. The summed E-state index contributed by atoms with van der Waals surface area (Å²) in [6, 6.07) is 0. The van der Waals surface area contributed by atoms with Crippen molar-refractivity contribution in [2.75, 3.05) is 0 Å². The van der Waals surface area contributed by atoms with Gasteiger partial charge >= 0.3 is 39.2 Å². The molecule has 2 unspecified atom stereocenters. The molecule has 0 saturated carbocycles. The maximum atomic E-state index is 11.8. The molecule has 0 radical (unpaired) electrons. The number of hydrogen-bond donors (Lipinski definition) is 4.